The summed E-state index contributed by atoms with van der Waals surface area (Å²) in [4.78, 5) is 31.6. The van der Waals surface area contributed by atoms with Gasteiger partial charge in [0.05, 0.1) is 29.5 Å². The Labute approximate surface area is 217 Å². The number of nitrogens with zero attached hydrogens (tertiary/aromatic N) is 2. The molecule has 2 aromatic rings. The Balaban J connectivity index is 1.44. The average molecular weight is 500 g/mol. The van der Waals surface area contributed by atoms with Gasteiger partial charge in [-0.25, -0.2) is 0 Å². The number of aliphatic hydroxyl groups excluding tert-OH is 1. The van der Waals surface area contributed by atoms with Crippen LogP contribution in [0.2, 0.25) is 0 Å². The summed E-state index contributed by atoms with van der Waals surface area (Å²) in [5.74, 6) is -0.786. The minimum Gasteiger partial charge on any atom is -0.461 e. The lowest BCUT2D eigenvalue weighted by Crippen LogP contribution is -2.58. The second-order valence-corrected chi connectivity index (χ2v) is 11.1. The van der Waals surface area contributed by atoms with Gasteiger partial charge in [-0.2, -0.15) is 5.26 Å². The molecule has 2 heterocycles. The molecule has 1 saturated heterocycles. The number of esters is 1. The van der Waals surface area contributed by atoms with E-state index in [0.717, 1.165) is 29.7 Å². The van der Waals surface area contributed by atoms with Gasteiger partial charge in [0.2, 0.25) is 5.91 Å². The number of fused-ring (bicyclic) bond motifs is 1. The van der Waals surface area contributed by atoms with Crippen molar-refractivity contribution in [3.05, 3.63) is 59.9 Å². The number of cyclic esters (lactones) is 1. The number of carbonyl (C=O) groups is 2. The van der Waals surface area contributed by atoms with Crippen LogP contribution in [0, 0.1) is 40.4 Å². The number of nitriles is 1. The lowest BCUT2D eigenvalue weighted by molar-refractivity contribution is -0.158. The van der Waals surface area contributed by atoms with E-state index < -0.39 is 23.0 Å². The molecular formula is C30H33N3O4. The number of hydrogen-bond acceptors (Lipinski definition) is 6. The molecule has 7 heteroatoms. The highest BCUT2D eigenvalue weighted by Gasteiger charge is 2.67. The van der Waals surface area contributed by atoms with Gasteiger partial charge in [-0.15, -0.1) is 0 Å². The highest BCUT2D eigenvalue weighted by molar-refractivity contribution is 6.05. The number of allylic oxidation sites excluding steroid dienone is 1. The molecule has 0 bridgehead atoms. The van der Waals surface area contributed by atoms with E-state index >= 15 is 0 Å². The lowest BCUT2D eigenvalue weighted by atomic mass is 9.54. The first-order chi connectivity index (χ1) is 17.7. The molecule has 0 radical (unpaired) electrons. The van der Waals surface area contributed by atoms with Crippen LogP contribution in [0.25, 0.3) is 17.2 Å². The minimum absolute atomic E-state index is 0.0685. The third-order valence-electron chi connectivity index (χ3n) is 8.87. The van der Waals surface area contributed by atoms with Crippen molar-refractivity contribution >= 4 is 18.0 Å². The van der Waals surface area contributed by atoms with Crippen LogP contribution in [0.5, 0.6) is 0 Å². The van der Waals surface area contributed by atoms with E-state index in [9.17, 15) is 20.0 Å². The number of benzene rings is 1. The number of hydrogen-bond donors (Lipinski definition) is 2. The van der Waals surface area contributed by atoms with E-state index in [-0.39, 0.29) is 36.2 Å². The first-order valence-electron chi connectivity index (χ1n) is 13.0. The molecule has 7 nitrogen and oxygen atoms in total. The van der Waals surface area contributed by atoms with Crippen molar-refractivity contribution in [1.82, 2.24) is 10.3 Å². The van der Waals surface area contributed by atoms with Crippen molar-refractivity contribution in [2.75, 3.05) is 6.61 Å². The van der Waals surface area contributed by atoms with Gasteiger partial charge in [0, 0.05) is 23.2 Å². The largest absolute Gasteiger partial charge is 0.461 e. The van der Waals surface area contributed by atoms with E-state index in [0.29, 0.717) is 12.0 Å². The van der Waals surface area contributed by atoms with Gasteiger partial charge in [0.15, 0.2) is 5.41 Å². The molecule has 3 aliphatic rings. The Morgan fingerprint density at radius 2 is 2.00 bits per heavy atom. The Morgan fingerprint density at radius 3 is 2.65 bits per heavy atom. The molecule has 1 amide bonds. The van der Waals surface area contributed by atoms with Crippen LogP contribution < -0.4 is 5.32 Å². The van der Waals surface area contributed by atoms with E-state index in [2.05, 4.69) is 36.3 Å². The van der Waals surface area contributed by atoms with Crippen LogP contribution in [0.1, 0.15) is 51.3 Å². The number of aliphatic hydroxyl groups is 1. The number of amides is 1. The first kappa shape index (κ1) is 25.2. The van der Waals surface area contributed by atoms with E-state index in [4.69, 9.17) is 4.74 Å². The van der Waals surface area contributed by atoms with Gasteiger partial charge in [0.1, 0.15) is 6.10 Å². The van der Waals surface area contributed by atoms with Crippen molar-refractivity contribution in [1.29, 1.82) is 5.26 Å². The fraction of sp³-hybridized carbons (Fsp3) is 0.467. The van der Waals surface area contributed by atoms with Crippen molar-refractivity contribution in [3.63, 3.8) is 0 Å². The molecule has 1 aromatic carbocycles. The summed E-state index contributed by atoms with van der Waals surface area (Å²) in [6, 6.07) is 13.5. The highest BCUT2D eigenvalue weighted by atomic mass is 16.6. The average Bonchev–Trinajstić information content (AvgIpc) is 3.63. The molecule has 0 spiro atoms. The molecular weight excluding hydrogens is 466 g/mol. The summed E-state index contributed by atoms with van der Waals surface area (Å²) in [6.07, 6.45) is 7.26. The normalized spacial score (nSPS) is 31.9. The molecule has 6 atom stereocenters. The van der Waals surface area contributed by atoms with E-state index in [1.54, 1.807) is 12.3 Å². The summed E-state index contributed by atoms with van der Waals surface area (Å²) in [5.41, 5.74) is 1.20. The van der Waals surface area contributed by atoms with E-state index in [1.807, 2.05) is 43.3 Å². The van der Waals surface area contributed by atoms with Crippen LogP contribution in [0.4, 0.5) is 0 Å². The number of pyridine rings is 1. The standard InChI is InChI=1S/C30H33N3O4/c1-18-14-30(27(35)33-29(17-34)12-13-29)26(20(3)37-28(30)36)24(19(18)2)11-10-23-9-8-22(16-32-23)25-7-5-4-6-21(25)15-31/h4-11,16,18-20,24,26,34H,12-14,17H2,1-3H3,(H,33,35)/b11-10+/t18?,19?,20-,24?,26?,30-/m1/s1. The summed E-state index contributed by atoms with van der Waals surface area (Å²) in [5, 5.41) is 22.2. The zero-order chi connectivity index (χ0) is 26.4. The molecule has 37 heavy (non-hydrogen) atoms. The highest BCUT2D eigenvalue weighted by Crippen LogP contribution is 2.57. The van der Waals surface area contributed by atoms with Crippen LogP contribution in [0.15, 0.2) is 48.7 Å². The van der Waals surface area contributed by atoms with Gasteiger partial charge in [-0.3, -0.25) is 14.6 Å². The topological polar surface area (TPSA) is 112 Å². The summed E-state index contributed by atoms with van der Waals surface area (Å²) in [7, 11) is 0. The second kappa shape index (κ2) is 9.42. The second-order valence-electron chi connectivity index (χ2n) is 11.1. The predicted molar refractivity (Wildman–Crippen MR) is 139 cm³/mol. The molecule has 4 unspecified atom stereocenters. The molecule has 5 rings (SSSR count). The maximum Gasteiger partial charge on any atom is 0.322 e. The fourth-order valence-electron chi connectivity index (χ4n) is 6.31. The van der Waals surface area contributed by atoms with Crippen LogP contribution in [-0.2, 0) is 14.3 Å². The molecule has 2 N–H and O–H groups in total. The lowest BCUT2D eigenvalue weighted by Gasteiger charge is -2.46. The van der Waals surface area contributed by atoms with Crippen molar-refractivity contribution in [2.24, 2.45) is 29.1 Å². The third-order valence-corrected chi connectivity index (χ3v) is 8.87. The number of aromatic nitrogens is 1. The van der Waals surface area contributed by atoms with Gasteiger partial charge in [-0.1, -0.05) is 44.2 Å². The Bertz CT molecular complexity index is 1280. The molecule has 192 valence electrons. The monoisotopic (exact) mass is 499 g/mol. The van der Waals surface area contributed by atoms with Crippen molar-refractivity contribution in [3.8, 4) is 17.2 Å². The fourth-order valence-corrected chi connectivity index (χ4v) is 6.31. The summed E-state index contributed by atoms with van der Waals surface area (Å²) >= 11 is 0. The van der Waals surface area contributed by atoms with Gasteiger partial charge in [0.25, 0.3) is 0 Å². The van der Waals surface area contributed by atoms with Crippen molar-refractivity contribution < 1.29 is 19.4 Å². The van der Waals surface area contributed by atoms with Crippen LogP contribution >= 0.6 is 0 Å². The van der Waals surface area contributed by atoms with E-state index in [1.165, 1.54) is 0 Å². The molecule has 3 fully saturated rings. The molecule has 2 saturated carbocycles. The molecule has 1 aromatic heterocycles. The molecule has 2 aliphatic carbocycles. The number of rotatable bonds is 6. The quantitative estimate of drug-likeness (QED) is 0.457. The van der Waals surface area contributed by atoms with Gasteiger partial charge < -0.3 is 15.2 Å². The SMILES string of the molecule is CC1C[C@@]2(C(=O)NC3(CO)CC3)C(=O)O[C@H](C)C2C(/C=C/c2ccc(-c3ccccc3C#N)cn2)C1C. The first-order valence-corrected chi connectivity index (χ1v) is 13.0. The Morgan fingerprint density at radius 1 is 1.24 bits per heavy atom. The zero-order valence-electron chi connectivity index (χ0n) is 21.5. The minimum atomic E-state index is -1.26. The number of carbonyl (C=O) groups excluding carboxylic acids is 2. The smallest absolute Gasteiger partial charge is 0.322 e. The Kier molecular flexibility index (Phi) is 6.41. The van der Waals surface area contributed by atoms with Crippen LogP contribution in [0.3, 0.4) is 0 Å². The summed E-state index contributed by atoms with van der Waals surface area (Å²) < 4.78 is 5.73. The maximum absolute atomic E-state index is 13.7. The summed E-state index contributed by atoms with van der Waals surface area (Å²) in [6.45, 7) is 6.01. The molecule has 1 aliphatic heterocycles. The maximum atomic E-state index is 13.7. The third kappa shape index (κ3) is 4.23. The number of ether oxygens (including phenoxy) is 1. The van der Waals surface area contributed by atoms with Crippen molar-refractivity contribution in [2.45, 2.75) is 51.7 Å². The number of nitrogens with one attached hydrogen (secondary N) is 1. The van der Waals surface area contributed by atoms with Gasteiger partial charge in [-0.05, 0) is 62.1 Å². The van der Waals surface area contributed by atoms with Gasteiger partial charge >= 0.3 is 5.97 Å². The zero-order valence-corrected chi connectivity index (χ0v) is 21.5. The van der Waals surface area contributed by atoms with Crippen LogP contribution in [-0.4, -0.2) is 40.2 Å². The Hall–Kier alpha value is -3.50. The predicted octanol–water partition coefficient (Wildman–Crippen LogP) is 4.11.